The van der Waals surface area contributed by atoms with Crippen LogP contribution < -0.4 is 15.4 Å². The molecule has 1 aromatic carbocycles. The highest BCUT2D eigenvalue weighted by molar-refractivity contribution is 5.79. The van der Waals surface area contributed by atoms with Gasteiger partial charge < -0.3 is 15.4 Å². The van der Waals surface area contributed by atoms with E-state index in [1.807, 2.05) is 43.5 Å². The molecule has 5 nitrogen and oxygen atoms in total. The van der Waals surface area contributed by atoms with Crippen molar-refractivity contribution < 1.29 is 4.74 Å². The molecule has 5 heteroatoms. The summed E-state index contributed by atoms with van der Waals surface area (Å²) >= 11 is 0. The van der Waals surface area contributed by atoms with Crippen molar-refractivity contribution in [3.63, 3.8) is 0 Å². The van der Waals surface area contributed by atoms with E-state index < -0.39 is 0 Å². The summed E-state index contributed by atoms with van der Waals surface area (Å²) in [6.45, 7) is 8.76. The van der Waals surface area contributed by atoms with Crippen LogP contribution in [-0.4, -0.2) is 24.1 Å². The first-order valence-corrected chi connectivity index (χ1v) is 8.38. The van der Waals surface area contributed by atoms with Gasteiger partial charge in [-0.2, -0.15) is 0 Å². The van der Waals surface area contributed by atoms with Crippen molar-refractivity contribution in [3.8, 4) is 5.75 Å². The molecular formula is C19H26N4O. The second-order valence-corrected chi connectivity index (χ2v) is 5.36. The number of aromatic nitrogens is 1. The van der Waals surface area contributed by atoms with Crippen molar-refractivity contribution in [3.05, 3.63) is 59.4 Å². The van der Waals surface area contributed by atoms with Crippen molar-refractivity contribution >= 4 is 5.96 Å². The molecule has 24 heavy (non-hydrogen) atoms. The smallest absolute Gasteiger partial charge is 0.191 e. The van der Waals surface area contributed by atoms with Crippen molar-refractivity contribution in [1.82, 2.24) is 15.6 Å². The first-order chi connectivity index (χ1) is 11.7. The van der Waals surface area contributed by atoms with Crippen LogP contribution in [0.25, 0.3) is 0 Å². The van der Waals surface area contributed by atoms with Crippen LogP contribution in [0.2, 0.25) is 0 Å². The number of nitrogens with zero attached hydrogens (tertiary/aromatic N) is 2. The molecule has 0 spiro atoms. The maximum absolute atomic E-state index is 5.65. The van der Waals surface area contributed by atoms with Gasteiger partial charge in [0.25, 0.3) is 0 Å². The van der Waals surface area contributed by atoms with Gasteiger partial charge in [-0.15, -0.1) is 0 Å². The van der Waals surface area contributed by atoms with Gasteiger partial charge in [0.15, 0.2) is 5.96 Å². The topological polar surface area (TPSA) is 58.5 Å². The van der Waals surface area contributed by atoms with E-state index in [4.69, 9.17) is 4.74 Å². The van der Waals surface area contributed by atoms with Gasteiger partial charge in [0.1, 0.15) is 5.75 Å². The lowest BCUT2D eigenvalue weighted by molar-refractivity contribution is 0.336. The van der Waals surface area contributed by atoms with E-state index in [0.717, 1.165) is 29.5 Å². The second kappa shape index (κ2) is 9.55. The lowest BCUT2D eigenvalue weighted by atomic mass is 10.2. The molecular weight excluding hydrogens is 300 g/mol. The van der Waals surface area contributed by atoms with E-state index in [-0.39, 0.29) is 0 Å². The Morgan fingerprint density at radius 1 is 1.12 bits per heavy atom. The van der Waals surface area contributed by atoms with E-state index in [1.165, 1.54) is 5.56 Å². The highest BCUT2D eigenvalue weighted by atomic mass is 16.5. The number of pyridine rings is 1. The first kappa shape index (κ1) is 17.8. The Balaban J connectivity index is 2.04. The Labute approximate surface area is 144 Å². The minimum Gasteiger partial charge on any atom is -0.494 e. The summed E-state index contributed by atoms with van der Waals surface area (Å²) in [7, 11) is 0. The quantitative estimate of drug-likeness (QED) is 0.606. The number of hydrogen-bond donors (Lipinski definition) is 2. The second-order valence-electron chi connectivity index (χ2n) is 5.36. The largest absolute Gasteiger partial charge is 0.494 e. The van der Waals surface area contributed by atoms with Crippen LogP contribution in [0.1, 0.15) is 30.7 Å². The number of benzene rings is 1. The van der Waals surface area contributed by atoms with Gasteiger partial charge in [-0.05, 0) is 38.5 Å². The molecule has 0 aliphatic carbocycles. The minimum atomic E-state index is 0.562. The fourth-order valence-electron chi connectivity index (χ4n) is 2.31. The Hall–Kier alpha value is -2.56. The molecule has 0 fully saturated rings. The van der Waals surface area contributed by atoms with E-state index in [1.54, 1.807) is 0 Å². The van der Waals surface area contributed by atoms with Crippen LogP contribution >= 0.6 is 0 Å². The first-order valence-electron chi connectivity index (χ1n) is 8.38. The number of hydrogen-bond acceptors (Lipinski definition) is 3. The summed E-state index contributed by atoms with van der Waals surface area (Å²) in [6, 6.07) is 12.0. The van der Waals surface area contributed by atoms with E-state index in [2.05, 4.69) is 40.5 Å². The van der Waals surface area contributed by atoms with Crippen LogP contribution in [0.4, 0.5) is 0 Å². The molecule has 1 aromatic heterocycles. The molecule has 2 rings (SSSR count). The third-order valence-electron chi connectivity index (χ3n) is 3.57. The van der Waals surface area contributed by atoms with Gasteiger partial charge in [0.05, 0.1) is 25.4 Å². The monoisotopic (exact) mass is 326 g/mol. The minimum absolute atomic E-state index is 0.562. The molecule has 2 N–H and O–H groups in total. The van der Waals surface area contributed by atoms with Crippen LogP contribution in [0.3, 0.4) is 0 Å². The summed E-state index contributed by atoms with van der Waals surface area (Å²) in [4.78, 5) is 9.06. The van der Waals surface area contributed by atoms with Crippen molar-refractivity contribution in [2.24, 2.45) is 4.99 Å². The number of para-hydroxylation sites is 1. The Kier molecular flexibility index (Phi) is 7.08. The highest BCUT2D eigenvalue weighted by Crippen LogP contribution is 2.18. The van der Waals surface area contributed by atoms with Crippen molar-refractivity contribution in [2.45, 2.75) is 33.9 Å². The number of nitrogens with one attached hydrogen (secondary N) is 2. The Morgan fingerprint density at radius 3 is 2.71 bits per heavy atom. The van der Waals surface area contributed by atoms with E-state index >= 15 is 0 Å². The van der Waals surface area contributed by atoms with Crippen LogP contribution in [0.5, 0.6) is 5.75 Å². The zero-order valence-electron chi connectivity index (χ0n) is 14.7. The standard InChI is InChI=1S/C19H26N4O/c1-4-20-19(23-14-17-15(3)9-8-12-21-17)22-13-16-10-6-7-11-18(16)24-5-2/h6-12H,4-5,13-14H2,1-3H3,(H2,20,22,23). The van der Waals surface area contributed by atoms with Gasteiger partial charge in [-0.1, -0.05) is 24.3 Å². The lowest BCUT2D eigenvalue weighted by Crippen LogP contribution is -2.37. The molecule has 0 aliphatic rings. The molecule has 0 unspecified atom stereocenters. The SMILES string of the molecule is CCNC(=NCc1ccccc1OCC)NCc1ncccc1C. The number of aryl methyl sites for hydroxylation is 1. The molecule has 0 saturated carbocycles. The molecule has 0 bridgehead atoms. The molecule has 0 amide bonds. The molecule has 2 aromatic rings. The average Bonchev–Trinajstić information content (AvgIpc) is 2.60. The summed E-state index contributed by atoms with van der Waals surface area (Å²) in [6.07, 6.45) is 1.81. The molecule has 1 heterocycles. The van der Waals surface area contributed by atoms with Crippen LogP contribution in [0, 0.1) is 6.92 Å². The fraction of sp³-hybridized carbons (Fsp3) is 0.368. The van der Waals surface area contributed by atoms with Gasteiger partial charge in [0.2, 0.25) is 0 Å². The van der Waals surface area contributed by atoms with Crippen molar-refractivity contribution in [1.29, 1.82) is 0 Å². The molecule has 0 aliphatic heterocycles. The van der Waals surface area contributed by atoms with Gasteiger partial charge in [-0.3, -0.25) is 4.98 Å². The van der Waals surface area contributed by atoms with E-state index in [9.17, 15) is 0 Å². The Morgan fingerprint density at radius 2 is 1.96 bits per heavy atom. The van der Waals surface area contributed by atoms with Gasteiger partial charge in [0, 0.05) is 18.3 Å². The summed E-state index contributed by atoms with van der Waals surface area (Å²) in [5.74, 6) is 1.66. The van der Waals surface area contributed by atoms with Gasteiger partial charge in [-0.25, -0.2) is 4.99 Å². The fourth-order valence-corrected chi connectivity index (χ4v) is 2.31. The summed E-state index contributed by atoms with van der Waals surface area (Å²) in [5.41, 5.74) is 3.27. The maximum Gasteiger partial charge on any atom is 0.191 e. The summed E-state index contributed by atoms with van der Waals surface area (Å²) < 4.78 is 5.65. The van der Waals surface area contributed by atoms with E-state index in [0.29, 0.717) is 19.7 Å². The summed E-state index contributed by atoms with van der Waals surface area (Å²) in [5, 5.41) is 6.60. The zero-order chi connectivity index (χ0) is 17.2. The third-order valence-corrected chi connectivity index (χ3v) is 3.57. The van der Waals surface area contributed by atoms with Gasteiger partial charge >= 0.3 is 0 Å². The predicted molar refractivity (Wildman–Crippen MR) is 98.2 cm³/mol. The van der Waals surface area contributed by atoms with Crippen LogP contribution in [-0.2, 0) is 13.1 Å². The Bertz CT molecular complexity index is 670. The molecule has 0 radical (unpaired) electrons. The normalized spacial score (nSPS) is 11.2. The lowest BCUT2D eigenvalue weighted by Gasteiger charge is -2.13. The maximum atomic E-state index is 5.65. The molecule has 0 atom stereocenters. The number of aliphatic imine (C=N–C) groups is 1. The molecule has 128 valence electrons. The number of rotatable bonds is 7. The number of guanidine groups is 1. The predicted octanol–water partition coefficient (Wildman–Crippen LogP) is 3.04. The van der Waals surface area contributed by atoms with Crippen molar-refractivity contribution in [2.75, 3.05) is 13.2 Å². The number of ether oxygens (including phenoxy) is 1. The van der Waals surface area contributed by atoms with Crippen LogP contribution in [0.15, 0.2) is 47.6 Å². The molecule has 0 saturated heterocycles. The third kappa shape index (κ3) is 5.26. The average molecular weight is 326 g/mol. The highest BCUT2D eigenvalue weighted by Gasteiger charge is 2.04. The zero-order valence-corrected chi connectivity index (χ0v) is 14.7.